The van der Waals surface area contributed by atoms with Crippen LogP contribution in [0.25, 0.3) is 0 Å². The van der Waals surface area contributed by atoms with E-state index in [9.17, 15) is 14.4 Å². The third-order valence-corrected chi connectivity index (χ3v) is 5.82. The van der Waals surface area contributed by atoms with Gasteiger partial charge in [0.25, 0.3) is 0 Å². The number of nitrogens with one attached hydrogen (secondary N) is 2. The Morgan fingerprint density at radius 1 is 1.00 bits per heavy atom. The van der Waals surface area contributed by atoms with Crippen LogP contribution in [-0.4, -0.2) is 47.9 Å². The molecule has 1 saturated heterocycles. The molecule has 2 aromatic carbocycles. The van der Waals surface area contributed by atoms with Gasteiger partial charge in [-0.15, -0.1) is 0 Å². The van der Waals surface area contributed by atoms with E-state index in [1.54, 1.807) is 18.2 Å². The van der Waals surface area contributed by atoms with E-state index in [0.29, 0.717) is 11.4 Å². The van der Waals surface area contributed by atoms with Crippen LogP contribution in [0.15, 0.2) is 54.6 Å². The second-order valence-corrected chi connectivity index (χ2v) is 8.42. The number of rotatable bonds is 6. The first-order valence-corrected chi connectivity index (χ1v) is 11.1. The largest absolute Gasteiger partial charge is 0.336 e. The number of para-hydroxylation sites is 1. The summed E-state index contributed by atoms with van der Waals surface area (Å²) in [6.07, 6.45) is 3.04. The fourth-order valence-corrected chi connectivity index (χ4v) is 4.21. The molecule has 1 aliphatic heterocycles. The van der Waals surface area contributed by atoms with Gasteiger partial charge in [0.15, 0.2) is 0 Å². The fourth-order valence-electron chi connectivity index (χ4n) is 4.21. The zero-order valence-electron chi connectivity index (χ0n) is 19.0. The van der Waals surface area contributed by atoms with Crippen molar-refractivity contribution in [3.63, 3.8) is 0 Å². The van der Waals surface area contributed by atoms with Gasteiger partial charge in [-0.3, -0.25) is 9.59 Å². The lowest BCUT2D eigenvalue weighted by atomic mass is 9.97. The molecule has 3 rings (SSSR count). The number of benzene rings is 2. The van der Waals surface area contributed by atoms with Gasteiger partial charge in [-0.2, -0.15) is 0 Å². The maximum atomic E-state index is 13.2. The van der Waals surface area contributed by atoms with Crippen LogP contribution < -0.4 is 15.5 Å². The third-order valence-electron chi connectivity index (χ3n) is 5.82. The summed E-state index contributed by atoms with van der Waals surface area (Å²) in [7, 11) is 0. The predicted octanol–water partition coefficient (Wildman–Crippen LogP) is 3.94. The van der Waals surface area contributed by atoms with Crippen LogP contribution in [0, 0.1) is 6.92 Å². The number of nitrogens with zero attached hydrogens (tertiary/aromatic N) is 2. The molecule has 0 spiro atoms. The van der Waals surface area contributed by atoms with Crippen LogP contribution in [0.4, 0.5) is 16.2 Å². The SMILES string of the molecule is Cc1cccc(NC(=O)NCC(=O)N(CC(=O)N2[C@H](C)CCC[C@@H]2C)c2ccccc2)c1. The van der Waals surface area contributed by atoms with Gasteiger partial charge >= 0.3 is 6.03 Å². The van der Waals surface area contributed by atoms with Crippen molar-refractivity contribution in [2.75, 3.05) is 23.3 Å². The summed E-state index contributed by atoms with van der Waals surface area (Å²) in [5.41, 5.74) is 2.30. The molecule has 4 amide bonds. The van der Waals surface area contributed by atoms with Crippen LogP contribution in [-0.2, 0) is 9.59 Å². The number of anilines is 2. The maximum Gasteiger partial charge on any atom is 0.319 e. The standard InChI is InChI=1S/C25H32N4O3/c1-18-9-7-12-21(15-18)27-25(32)26-16-23(30)28(22-13-5-4-6-14-22)17-24(31)29-19(2)10-8-11-20(29)3/h4-7,9,12-15,19-20H,8,10-11,16-17H2,1-3H3,(H2,26,27,32)/t19-,20+. The second kappa shape index (κ2) is 10.8. The monoisotopic (exact) mass is 436 g/mol. The highest BCUT2D eigenvalue weighted by Gasteiger charge is 2.31. The van der Waals surface area contributed by atoms with Crippen LogP contribution >= 0.6 is 0 Å². The minimum absolute atomic E-state index is 0.0568. The average molecular weight is 437 g/mol. The minimum Gasteiger partial charge on any atom is -0.336 e. The molecule has 170 valence electrons. The molecule has 2 atom stereocenters. The molecule has 0 radical (unpaired) electrons. The number of piperidine rings is 1. The molecule has 1 aliphatic rings. The number of likely N-dealkylation sites (tertiary alicyclic amines) is 1. The van der Waals surface area contributed by atoms with Gasteiger partial charge in [0.2, 0.25) is 11.8 Å². The van der Waals surface area contributed by atoms with Crippen LogP contribution in [0.5, 0.6) is 0 Å². The normalized spacial score (nSPS) is 18.0. The van der Waals surface area contributed by atoms with Crippen LogP contribution in [0.3, 0.4) is 0 Å². The summed E-state index contributed by atoms with van der Waals surface area (Å²) < 4.78 is 0. The number of aryl methyl sites for hydroxylation is 1. The molecule has 7 heteroatoms. The van der Waals surface area contributed by atoms with E-state index in [1.165, 1.54) is 4.90 Å². The molecule has 0 unspecified atom stereocenters. The van der Waals surface area contributed by atoms with E-state index in [4.69, 9.17) is 0 Å². The Morgan fingerprint density at radius 2 is 1.69 bits per heavy atom. The number of hydrogen-bond acceptors (Lipinski definition) is 3. The van der Waals surface area contributed by atoms with Gasteiger partial charge in [0, 0.05) is 23.5 Å². The third kappa shape index (κ3) is 6.09. The number of carbonyl (C=O) groups excluding carboxylic acids is 3. The van der Waals surface area contributed by atoms with E-state index >= 15 is 0 Å². The Morgan fingerprint density at radius 3 is 2.34 bits per heavy atom. The second-order valence-electron chi connectivity index (χ2n) is 8.42. The van der Waals surface area contributed by atoms with Crippen molar-refractivity contribution in [3.8, 4) is 0 Å². The first kappa shape index (κ1) is 23.3. The van der Waals surface area contributed by atoms with Gasteiger partial charge in [0.1, 0.15) is 6.54 Å². The molecule has 0 bridgehead atoms. The lowest BCUT2D eigenvalue weighted by Crippen LogP contribution is -2.53. The lowest BCUT2D eigenvalue weighted by Gasteiger charge is -2.40. The Kier molecular flexibility index (Phi) is 7.87. The van der Waals surface area contributed by atoms with E-state index < -0.39 is 6.03 Å². The Balaban J connectivity index is 1.66. The molecule has 2 N–H and O–H groups in total. The van der Waals surface area contributed by atoms with Crippen molar-refractivity contribution in [3.05, 3.63) is 60.2 Å². The van der Waals surface area contributed by atoms with Gasteiger partial charge in [-0.25, -0.2) is 4.79 Å². The number of hydrogen-bond donors (Lipinski definition) is 2. The van der Waals surface area contributed by atoms with Crippen LogP contribution in [0.1, 0.15) is 38.7 Å². The van der Waals surface area contributed by atoms with Crippen molar-refractivity contribution >= 4 is 29.2 Å². The molecular formula is C25H32N4O3. The zero-order valence-corrected chi connectivity index (χ0v) is 19.0. The summed E-state index contributed by atoms with van der Waals surface area (Å²) in [6.45, 7) is 5.77. The molecule has 2 aromatic rings. The first-order valence-electron chi connectivity index (χ1n) is 11.1. The quantitative estimate of drug-likeness (QED) is 0.720. The highest BCUT2D eigenvalue weighted by Crippen LogP contribution is 2.23. The minimum atomic E-state index is -0.471. The molecule has 0 aromatic heterocycles. The fraction of sp³-hybridized carbons (Fsp3) is 0.400. The highest BCUT2D eigenvalue weighted by molar-refractivity contribution is 6.02. The van der Waals surface area contributed by atoms with Crippen molar-refractivity contribution in [2.45, 2.75) is 52.1 Å². The molecule has 7 nitrogen and oxygen atoms in total. The van der Waals surface area contributed by atoms with E-state index in [-0.39, 0.29) is 37.0 Å². The number of carbonyl (C=O) groups is 3. The zero-order chi connectivity index (χ0) is 23.1. The highest BCUT2D eigenvalue weighted by atomic mass is 16.2. The van der Waals surface area contributed by atoms with Crippen molar-refractivity contribution in [1.29, 1.82) is 0 Å². The van der Waals surface area contributed by atoms with Gasteiger partial charge < -0.3 is 20.4 Å². The Hall–Kier alpha value is -3.35. The molecule has 0 saturated carbocycles. The predicted molar refractivity (Wildman–Crippen MR) is 127 cm³/mol. The number of amides is 4. The van der Waals surface area contributed by atoms with Crippen molar-refractivity contribution in [1.82, 2.24) is 10.2 Å². The summed E-state index contributed by atoms with van der Waals surface area (Å²) in [5, 5.41) is 5.33. The summed E-state index contributed by atoms with van der Waals surface area (Å²) in [6, 6.07) is 16.3. The summed E-state index contributed by atoms with van der Waals surface area (Å²) in [4.78, 5) is 41.8. The lowest BCUT2D eigenvalue weighted by molar-refractivity contribution is -0.136. The Labute approximate surface area is 189 Å². The molecular weight excluding hydrogens is 404 g/mol. The van der Waals surface area contributed by atoms with Crippen molar-refractivity contribution < 1.29 is 14.4 Å². The van der Waals surface area contributed by atoms with Crippen molar-refractivity contribution in [2.24, 2.45) is 0 Å². The van der Waals surface area contributed by atoms with E-state index in [2.05, 4.69) is 24.5 Å². The van der Waals surface area contributed by atoms with Gasteiger partial charge in [-0.1, -0.05) is 30.3 Å². The van der Waals surface area contributed by atoms with Gasteiger partial charge in [0.05, 0.1) is 6.54 Å². The topological polar surface area (TPSA) is 81.8 Å². The van der Waals surface area contributed by atoms with E-state index in [0.717, 1.165) is 24.8 Å². The average Bonchev–Trinajstić information content (AvgIpc) is 2.76. The van der Waals surface area contributed by atoms with Crippen LogP contribution in [0.2, 0.25) is 0 Å². The first-order chi connectivity index (χ1) is 15.3. The molecule has 1 fully saturated rings. The maximum absolute atomic E-state index is 13.2. The smallest absolute Gasteiger partial charge is 0.319 e. The molecule has 0 aliphatic carbocycles. The van der Waals surface area contributed by atoms with Gasteiger partial charge in [-0.05, 0) is 69.9 Å². The van der Waals surface area contributed by atoms with E-state index in [1.807, 2.05) is 48.2 Å². The summed E-state index contributed by atoms with van der Waals surface area (Å²) >= 11 is 0. The summed E-state index contributed by atoms with van der Waals surface area (Å²) in [5.74, 6) is -0.424. The Bertz CT molecular complexity index is 937. The molecule has 1 heterocycles. The number of urea groups is 1. The molecule has 32 heavy (non-hydrogen) atoms.